The van der Waals surface area contributed by atoms with Crippen LogP contribution in [0.3, 0.4) is 0 Å². The summed E-state index contributed by atoms with van der Waals surface area (Å²) in [5.41, 5.74) is 1.07. The number of carboxylic acids is 1. The number of amidine groups is 1. The number of benzene rings is 1. The van der Waals surface area contributed by atoms with Gasteiger partial charge in [0, 0.05) is 32.1 Å². The lowest BCUT2D eigenvalue weighted by Gasteiger charge is -2.07. The van der Waals surface area contributed by atoms with Gasteiger partial charge in [0.15, 0.2) is 5.17 Å². The van der Waals surface area contributed by atoms with Gasteiger partial charge in [0.25, 0.3) is 5.91 Å². The summed E-state index contributed by atoms with van der Waals surface area (Å²) < 4.78 is 1.90. The fourth-order valence-electron chi connectivity index (χ4n) is 2.29. The lowest BCUT2D eigenvalue weighted by Crippen LogP contribution is -2.23. The summed E-state index contributed by atoms with van der Waals surface area (Å²) in [5.74, 6) is -1.76. The molecular formula is C17H15N3O4S. The summed E-state index contributed by atoms with van der Waals surface area (Å²) in [4.78, 5) is 29.6. The second-order valence-electron chi connectivity index (χ2n) is 5.42. The first-order chi connectivity index (χ1) is 11.9. The van der Waals surface area contributed by atoms with Crippen molar-refractivity contribution >= 4 is 40.6 Å². The molecule has 1 fully saturated rings. The number of aryl methyl sites for hydroxylation is 1. The van der Waals surface area contributed by atoms with Crippen LogP contribution >= 0.6 is 11.8 Å². The number of rotatable bonds is 3. The molecule has 1 amide bonds. The van der Waals surface area contributed by atoms with Crippen LogP contribution in [0.15, 0.2) is 46.4 Å². The van der Waals surface area contributed by atoms with E-state index in [0.29, 0.717) is 15.8 Å². The zero-order valence-corrected chi connectivity index (χ0v) is 14.3. The normalized spacial score (nSPS) is 17.7. The number of phenols is 1. The van der Waals surface area contributed by atoms with Crippen molar-refractivity contribution in [2.75, 3.05) is 7.05 Å². The maximum absolute atomic E-state index is 12.4. The van der Waals surface area contributed by atoms with Gasteiger partial charge < -0.3 is 14.8 Å². The highest BCUT2D eigenvalue weighted by Gasteiger charge is 2.30. The van der Waals surface area contributed by atoms with Gasteiger partial charge in [-0.3, -0.25) is 9.69 Å². The molecule has 8 heteroatoms. The third-order valence-corrected chi connectivity index (χ3v) is 4.76. The van der Waals surface area contributed by atoms with Crippen molar-refractivity contribution in [1.82, 2.24) is 9.47 Å². The Morgan fingerprint density at radius 3 is 2.64 bits per heavy atom. The van der Waals surface area contributed by atoms with Gasteiger partial charge >= 0.3 is 5.97 Å². The molecule has 0 spiro atoms. The number of aromatic carboxylic acids is 1. The van der Waals surface area contributed by atoms with Crippen molar-refractivity contribution < 1.29 is 19.8 Å². The Morgan fingerprint density at radius 2 is 2.04 bits per heavy atom. The predicted molar refractivity (Wildman–Crippen MR) is 95.9 cm³/mol. The van der Waals surface area contributed by atoms with E-state index in [4.69, 9.17) is 5.11 Å². The van der Waals surface area contributed by atoms with Crippen molar-refractivity contribution in [2.24, 2.45) is 12.0 Å². The molecule has 25 heavy (non-hydrogen) atoms. The molecule has 0 unspecified atom stereocenters. The van der Waals surface area contributed by atoms with Crippen LogP contribution in [-0.2, 0) is 11.8 Å². The Morgan fingerprint density at radius 1 is 1.28 bits per heavy atom. The van der Waals surface area contributed by atoms with Crippen LogP contribution in [0.25, 0.3) is 6.08 Å². The molecule has 2 heterocycles. The number of carboxylic acid groups (broad SMARTS) is 1. The Hall–Kier alpha value is -3.00. The molecule has 2 N–H and O–H groups in total. The molecule has 0 radical (unpaired) electrons. The molecule has 2 aromatic rings. The maximum atomic E-state index is 12.4. The summed E-state index contributed by atoms with van der Waals surface area (Å²) in [5, 5.41) is 19.1. The number of hydrogen-bond donors (Lipinski definition) is 2. The standard InChI is InChI=1S/C17H15N3O4S/c1-19-7-3-4-11(19)9-14-15(22)20(2)17(25-14)18-10-5-6-12(16(23)24)13(21)8-10/h3-9,21H,1-2H3,(H,23,24)/b14-9-,18-17?. The van der Waals surface area contributed by atoms with Gasteiger partial charge in [0.2, 0.25) is 0 Å². The van der Waals surface area contributed by atoms with Gasteiger partial charge in [-0.1, -0.05) is 0 Å². The van der Waals surface area contributed by atoms with E-state index >= 15 is 0 Å². The minimum absolute atomic E-state index is 0.170. The van der Waals surface area contributed by atoms with Gasteiger partial charge in [0.05, 0.1) is 10.6 Å². The van der Waals surface area contributed by atoms with E-state index < -0.39 is 5.97 Å². The number of likely N-dealkylation sites (N-methyl/N-ethyl adjacent to an activating group) is 1. The second-order valence-corrected chi connectivity index (χ2v) is 6.43. The SMILES string of the molecule is CN1C(=O)/C(=C/c2cccn2C)SC1=Nc1ccc(C(=O)O)c(O)c1. The van der Waals surface area contributed by atoms with Crippen LogP contribution in [-0.4, -0.2) is 43.8 Å². The fourth-order valence-corrected chi connectivity index (χ4v) is 3.26. The number of aromatic nitrogens is 1. The quantitative estimate of drug-likeness (QED) is 0.824. The van der Waals surface area contributed by atoms with E-state index in [2.05, 4.69) is 4.99 Å². The molecule has 0 atom stereocenters. The zero-order valence-electron chi connectivity index (χ0n) is 13.5. The summed E-state index contributed by atoms with van der Waals surface area (Å²) >= 11 is 1.22. The first kappa shape index (κ1) is 16.8. The number of hydrogen-bond acceptors (Lipinski definition) is 5. The Bertz CT molecular complexity index is 930. The topological polar surface area (TPSA) is 95.1 Å². The van der Waals surface area contributed by atoms with Crippen LogP contribution in [0.4, 0.5) is 5.69 Å². The monoisotopic (exact) mass is 357 g/mol. The van der Waals surface area contributed by atoms with E-state index in [-0.39, 0.29) is 17.2 Å². The molecule has 1 saturated heterocycles. The lowest BCUT2D eigenvalue weighted by atomic mass is 10.2. The average Bonchev–Trinajstić information content (AvgIpc) is 3.07. The number of thioether (sulfide) groups is 1. The number of carbonyl (C=O) groups excluding carboxylic acids is 1. The first-order valence-electron chi connectivity index (χ1n) is 7.31. The smallest absolute Gasteiger partial charge is 0.339 e. The van der Waals surface area contributed by atoms with Crippen molar-refractivity contribution in [3.8, 4) is 5.75 Å². The Labute approximate surface area is 147 Å². The van der Waals surface area contributed by atoms with E-state index in [0.717, 1.165) is 5.69 Å². The van der Waals surface area contributed by atoms with Crippen LogP contribution in [0.1, 0.15) is 16.1 Å². The van der Waals surface area contributed by atoms with Gasteiger partial charge in [-0.15, -0.1) is 0 Å². The maximum Gasteiger partial charge on any atom is 0.339 e. The van der Waals surface area contributed by atoms with Crippen LogP contribution in [0.5, 0.6) is 5.75 Å². The Balaban J connectivity index is 1.91. The Kier molecular flexibility index (Phi) is 4.37. The molecule has 0 bridgehead atoms. The van der Waals surface area contributed by atoms with Crippen molar-refractivity contribution in [2.45, 2.75) is 0 Å². The van der Waals surface area contributed by atoms with Crippen molar-refractivity contribution in [1.29, 1.82) is 0 Å². The highest BCUT2D eigenvalue weighted by Crippen LogP contribution is 2.34. The van der Waals surface area contributed by atoms with Crippen molar-refractivity contribution in [3.63, 3.8) is 0 Å². The zero-order chi connectivity index (χ0) is 18.1. The highest BCUT2D eigenvalue weighted by molar-refractivity contribution is 8.18. The molecule has 1 aromatic heterocycles. The second kappa shape index (κ2) is 6.48. The number of aliphatic imine (C=N–C) groups is 1. The molecule has 1 aliphatic rings. The third-order valence-electron chi connectivity index (χ3n) is 3.70. The van der Waals surface area contributed by atoms with Gasteiger partial charge in [-0.25, -0.2) is 9.79 Å². The highest BCUT2D eigenvalue weighted by atomic mass is 32.2. The predicted octanol–water partition coefficient (Wildman–Crippen LogP) is 2.66. The molecular weight excluding hydrogens is 342 g/mol. The molecule has 1 aromatic carbocycles. The number of amides is 1. The molecule has 3 rings (SSSR count). The molecule has 0 saturated carbocycles. The van der Waals surface area contributed by atoms with Crippen LogP contribution in [0, 0.1) is 0 Å². The van der Waals surface area contributed by atoms with Gasteiger partial charge in [0.1, 0.15) is 11.3 Å². The minimum atomic E-state index is -1.22. The van der Waals surface area contributed by atoms with E-state index in [1.165, 1.54) is 34.9 Å². The van der Waals surface area contributed by atoms with Crippen LogP contribution < -0.4 is 0 Å². The average molecular weight is 357 g/mol. The van der Waals surface area contributed by atoms with Gasteiger partial charge in [-0.05, 0) is 42.1 Å². The largest absolute Gasteiger partial charge is 0.507 e. The fraction of sp³-hybridized carbons (Fsp3) is 0.118. The third kappa shape index (κ3) is 3.29. The lowest BCUT2D eigenvalue weighted by molar-refractivity contribution is -0.121. The van der Waals surface area contributed by atoms with Gasteiger partial charge in [-0.2, -0.15) is 0 Å². The molecule has 7 nitrogen and oxygen atoms in total. The molecule has 0 aliphatic carbocycles. The minimum Gasteiger partial charge on any atom is -0.507 e. The summed E-state index contributed by atoms with van der Waals surface area (Å²) in [6.07, 6.45) is 3.68. The number of carbonyl (C=O) groups is 2. The summed E-state index contributed by atoms with van der Waals surface area (Å²) in [6, 6.07) is 7.81. The van der Waals surface area contributed by atoms with Crippen LogP contribution in [0.2, 0.25) is 0 Å². The molecule has 1 aliphatic heterocycles. The summed E-state index contributed by atoms with van der Waals surface area (Å²) in [7, 11) is 3.51. The van der Waals surface area contributed by atoms with E-state index in [1.807, 2.05) is 29.9 Å². The number of nitrogens with zero attached hydrogens (tertiary/aromatic N) is 3. The van der Waals surface area contributed by atoms with E-state index in [9.17, 15) is 14.7 Å². The first-order valence-corrected chi connectivity index (χ1v) is 8.12. The summed E-state index contributed by atoms with van der Waals surface area (Å²) in [6.45, 7) is 0. The number of aromatic hydroxyl groups is 1. The molecule has 128 valence electrons. The van der Waals surface area contributed by atoms with Crippen molar-refractivity contribution in [3.05, 3.63) is 52.7 Å². The van der Waals surface area contributed by atoms with E-state index in [1.54, 1.807) is 13.1 Å².